The molecular formula is C23H28N6OS. The summed E-state index contributed by atoms with van der Waals surface area (Å²) in [6, 6.07) is 10.3. The molecule has 8 heteroatoms. The highest BCUT2D eigenvalue weighted by Crippen LogP contribution is 2.35. The molecule has 0 aliphatic heterocycles. The summed E-state index contributed by atoms with van der Waals surface area (Å²) in [6.45, 7) is 2.04. The van der Waals surface area contributed by atoms with Gasteiger partial charge in [0.2, 0.25) is 5.91 Å². The molecule has 162 valence electrons. The topological polar surface area (TPSA) is 83.0 Å². The molecule has 4 rings (SSSR count). The summed E-state index contributed by atoms with van der Waals surface area (Å²) in [5, 5.41) is 7.03. The fourth-order valence-corrected chi connectivity index (χ4v) is 4.93. The van der Waals surface area contributed by atoms with E-state index in [1.54, 1.807) is 24.6 Å². The van der Waals surface area contributed by atoms with Crippen molar-refractivity contribution in [2.75, 3.05) is 24.3 Å². The van der Waals surface area contributed by atoms with E-state index in [1.807, 2.05) is 43.5 Å². The zero-order valence-electron chi connectivity index (χ0n) is 18.1. The van der Waals surface area contributed by atoms with Crippen LogP contribution in [0.5, 0.6) is 0 Å². The Morgan fingerprint density at radius 2 is 1.94 bits per heavy atom. The van der Waals surface area contributed by atoms with Gasteiger partial charge in [-0.2, -0.15) is 0 Å². The molecule has 0 radical (unpaired) electrons. The number of amides is 1. The maximum absolute atomic E-state index is 11.9. The normalized spacial score (nSPS) is 18.4. The van der Waals surface area contributed by atoms with Gasteiger partial charge >= 0.3 is 0 Å². The van der Waals surface area contributed by atoms with Crippen molar-refractivity contribution in [3.05, 3.63) is 48.3 Å². The van der Waals surface area contributed by atoms with Crippen LogP contribution in [0.2, 0.25) is 0 Å². The largest absolute Gasteiger partial charge is 0.359 e. The molecule has 0 spiro atoms. The third-order valence-corrected chi connectivity index (χ3v) is 6.94. The van der Waals surface area contributed by atoms with E-state index in [-0.39, 0.29) is 11.8 Å². The molecule has 1 amide bonds. The average molecular weight is 437 g/mol. The molecule has 0 unspecified atom stereocenters. The van der Waals surface area contributed by atoms with Gasteiger partial charge in [-0.15, -0.1) is 0 Å². The monoisotopic (exact) mass is 436 g/mol. The lowest BCUT2D eigenvalue weighted by atomic mass is 9.85. The van der Waals surface area contributed by atoms with Crippen molar-refractivity contribution in [2.45, 2.75) is 38.6 Å². The Morgan fingerprint density at radius 3 is 2.68 bits per heavy atom. The summed E-state index contributed by atoms with van der Waals surface area (Å²) in [5.41, 5.74) is 2.03. The Morgan fingerprint density at radius 1 is 1.13 bits per heavy atom. The minimum Gasteiger partial charge on any atom is -0.359 e. The van der Waals surface area contributed by atoms with Gasteiger partial charge in [-0.1, -0.05) is 17.4 Å². The Hall–Kier alpha value is -3.00. The molecule has 3 aromatic heterocycles. The number of anilines is 3. The first-order chi connectivity index (χ1) is 15.0. The number of pyridine rings is 2. The predicted molar refractivity (Wildman–Crippen MR) is 126 cm³/mol. The molecule has 1 fully saturated rings. The van der Waals surface area contributed by atoms with E-state index >= 15 is 0 Å². The second-order valence-electron chi connectivity index (χ2n) is 7.99. The molecule has 7 nitrogen and oxygen atoms in total. The predicted octanol–water partition coefficient (Wildman–Crippen LogP) is 4.39. The first kappa shape index (κ1) is 21.2. The number of carbonyl (C=O) groups excluding carboxylic acids is 1. The maximum atomic E-state index is 11.9. The van der Waals surface area contributed by atoms with E-state index in [0.717, 1.165) is 58.6 Å². The number of rotatable bonds is 6. The molecule has 3 heterocycles. The number of aromatic nitrogens is 3. The number of nitrogens with one attached hydrogen (secondary N) is 2. The molecule has 3 aromatic rings. The van der Waals surface area contributed by atoms with Crippen molar-refractivity contribution in [2.24, 2.45) is 5.92 Å². The molecule has 31 heavy (non-hydrogen) atoms. The lowest BCUT2D eigenvalue weighted by Gasteiger charge is -2.33. The Kier molecular flexibility index (Phi) is 6.46. The van der Waals surface area contributed by atoms with Crippen LogP contribution in [-0.4, -0.2) is 41.0 Å². The minimum atomic E-state index is 0.142. The quantitative estimate of drug-likeness (QED) is 0.596. The zero-order chi connectivity index (χ0) is 21.8. The number of aryl methyl sites for hydroxylation is 1. The van der Waals surface area contributed by atoms with Crippen molar-refractivity contribution in [1.29, 1.82) is 0 Å². The first-order valence-electron chi connectivity index (χ1n) is 10.6. The second kappa shape index (κ2) is 9.43. The number of hydrogen-bond donors (Lipinski definition) is 2. The Labute approximate surface area is 187 Å². The lowest BCUT2D eigenvalue weighted by Crippen LogP contribution is -2.38. The van der Waals surface area contributed by atoms with Crippen LogP contribution in [-0.2, 0) is 4.79 Å². The fourth-order valence-electron chi connectivity index (χ4n) is 4.01. The molecule has 2 N–H and O–H groups in total. The van der Waals surface area contributed by atoms with E-state index in [2.05, 4.69) is 32.5 Å². The summed E-state index contributed by atoms with van der Waals surface area (Å²) in [6.07, 6.45) is 7.54. The van der Waals surface area contributed by atoms with E-state index in [9.17, 15) is 4.79 Å². The smallest absolute Gasteiger partial charge is 0.222 e. The second-order valence-corrected chi connectivity index (χ2v) is 9.00. The lowest BCUT2D eigenvalue weighted by molar-refractivity contribution is -0.125. The highest BCUT2D eigenvalue weighted by molar-refractivity contribution is 7.18. The van der Waals surface area contributed by atoms with Gasteiger partial charge in [0.05, 0.1) is 10.6 Å². The van der Waals surface area contributed by atoms with Crippen molar-refractivity contribution in [3.63, 3.8) is 0 Å². The van der Waals surface area contributed by atoms with Crippen LogP contribution in [0.15, 0.2) is 42.7 Å². The van der Waals surface area contributed by atoms with Gasteiger partial charge < -0.3 is 15.5 Å². The van der Waals surface area contributed by atoms with Gasteiger partial charge in [0, 0.05) is 38.4 Å². The van der Waals surface area contributed by atoms with Crippen LogP contribution < -0.4 is 15.5 Å². The van der Waals surface area contributed by atoms with Gasteiger partial charge in [0.25, 0.3) is 0 Å². The van der Waals surface area contributed by atoms with Crippen molar-refractivity contribution < 1.29 is 4.79 Å². The van der Waals surface area contributed by atoms with E-state index < -0.39 is 0 Å². The highest BCUT2D eigenvalue weighted by Gasteiger charge is 2.28. The third-order valence-electron chi connectivity index (χ3n) is 5.83. The number of nitrogens with zero attached hydrogens (tertiary/aromatic N) is 4. The third kappa shape index (κ3) is 5.02. The van der Waals surface area contributed by atoms with Crippen molar-refractivity contribution in [1.82, 2.24) is 20.3 Å². The van der Waals surface area contributed by atoms with Crippen molar-refractivity contribution >= 4 is 34.0 Å². The first-order valence-corrected chi connectivity index (χ1v) is 11.4. The Balaban J connectivity index is 1.43. The standard InChI is InChI=1S/C23H28N6OS/c1-15-11-12-25-21(13-15)28-20-6-4-5-18(27-20)19-14-26-23(31-19)29(3)17-9-7-16(8-10-17)22(30)24-2/h4-6,11-14,16-17H,7-10H2,1-3H3,(H,24,30)(H,25,27,28). The van der Waals surface area contributed by atoms with Crippen LogP contribution in [0.1, 0.15) is 31.2 Å². The minimum absolute atomic E-state index is 0.142. The molecule has 0 aromatic carbocycles. The summed E-state index contributed by atoms with van der Waals surface area (Å²) in [4.78, 5) is 28.9. The van der Waals surface area contributed by atoms with E-state index in [0.29, 0.717) is 6.04 Å². The molecule has 0 bridgehead atoms. The molecule has 1 aliphatic carbocycles. The Bertz CT molecular complexity index is 1040. The maximum Gasteiger partial charge on any atom is 0.222 e. The summed E-state index contributed by atoms with van der Waals surface area (Å²) < 4.78 is 0. The molecule has 1 saturated carbocycles. The van der Waals surface area contributed by atoms with Crippen LogP contribution >= 0.6 is 11.3 Å². The van der Waals surface area contributed by atoms with Crippen LogP contribution in [0.4, 0.5) is 16.8 Å². The van der Waals surface area contributed by atoms with Gasteiger partial charge in [0.1, 0.15) is 11.6 Å². The molecule has 0 atom stereocenters. The van der Waals surface area contributed by atoms with E-state index in [1.165, 1.54) is 0 Å². The van der Waals surface area contributed by atoms with Gasteiger partial charge in [-0.25, -0.2) is 15.0 Å². The summed E-state index contributed by atoms with van der Waals surface area (Å²) in [5.74, 6) is 1.84. The van der Waals surface area contributed by atoms with Gasteiger partial charge in [-0.3, -0.25) is 4.79 Å². The molecule has 1 aliphatic rings. The van der Waals surface area contributed by atoms with Crippen molar-refractivity contribution in [3.8, 4) is 10.6 Å². The fraction of sp³-hybridized carbons (Fsp3) is 0.391. The van der Waals surface area contributed by atoms with E-state index in [4.69, 9.17) is 4.98 Å². The zero-order valence-corrected chi connectivity index (χ0v) is 18.9. The molecule has 0 saturated heterocycles. The molecular weight excluding hydrogens is 408 g/mol. The van der Waals surface area contributed by atoms with Crippen LogP contribution in [0, 0.1) is 12.8 Å². The van der Waals surface area contributed by atoms with Gasteiger partial charge in [-0.05, 0) is 62.4 Å². The highest BCUT2D eigenvalue weighted by atomic mass is 32.1. The summed E-state index contributed by atoms with van der Waals surface area (Å²) in [7, 11) is 3.82. The number of carbonyl (C=O) groups is 1. The van der Waals surface area contributed by atoms with Crippen LogP contribution in [0.25, 0.3) is 10.6 Å². The number of hydrogen-bond acceptors (Lipinski definition) is 7. The number of thiazole rings is 1. The average Bonchev–Trinajstić information content (AvgIpc) is 3.29. The summed E-state index contributed by atoms with van der Waals surface area (Å²) >= 11 is 1.65. The SMILES string of the molecule is CNC(=O)C1CCC(N(C)c2ncc(-c3cccc(Nc4cc(C)ccn4)n3)s2)CC1. The van der Waals surface area contributed by atoms with Gasteiger partial charge in [0.15, 0.2) is 5.13 Å². The van der Waals surface area contributed by atoms with Crippen LogP contribution in [0.3, 0.4) is 0 Å².